The number of carbonyl (C=O) groups excluding carboxylic acids is 1. The van der Waals surface area contributed by atoms with Gasteiger partial charge in [0.1, 0.15) is 18.4 Å². The zero-order valence-corrected chi connectivity index (χ0v) is 23.3. The average molecular weight is 554 g/mol. The molecule has 37 heavy (non-hydrogen) atoms. The van der Waals surface area contributed by atoms with Crippen LogP contribution in [0.4, 0.5) is 5.69 Å². The molecule has 0 saturated carbocycles. The van der Waals surface area contributed by atoms with Crippen molar-refractivity contribution >= 4 is 31.6 Å². The maximum absolute atomic E-state index is 13.0. The van der Waals surface area contributed by atoms with Gasteiger partial charge in [-0.15, -0.1) is 0 Å². The Labute approximate surface area is 219 Å². The molecule has 204 valence electrons. The van der Waals surface area contributed by atoms with Crippen LogP contribution in [0.15, 0.2) is 47.4 Å². The molecule has 0 aliphatic carbocycles. The van der Waals surface area contributed by atoms with Gasteiger partial charge in [-0.1, -0.05) is 13.0 Å². The fraction of sp³-hybridized carbons (Fsp3) is 0.480. The van der Waals surface area contributed by atoms with Gasteiger partial charge in [0.25, 0.3) is 0 Å². The predicted molar refractivity (Wildman–Crippen MR) is 142 cm³/mol. The number of amides is 1. The van der Waals surface area contributed by atoms with Crippen LogP contribution < -0.4 is 14.4 Å². The molecule has 0 radical (unpaired) electrons. The van der Waals surface area contributed by atoms with Crippen LogP contribution in [-0.2, 0) is 29.6 Å². The molecular formula is C25H35N3O7S2. The number of anilines is 1. The first kappa shape index (κ1) is 28.9. The average Bonchev–Trinajstić information content (AvgIpc) is 2.87. The number of aryl methyl sites for hydroxylation is 2. The lowest BCUT2D eigenvalue weighted by atomic mass is 10.1. The number of sulfonamides is 2. The molecule has 2 aromatic carbocycles. The van der Waals surface area contributed by atoms with Gasteiger partial charge in [-0.25, -0.2) is 16.8 Å². The SMILES string of the molecule is CC[C@H](C(=O)NCCOc1ccc(S(=O)(=O)N2CCOCC2)cc1)N(c1ccc(C)c(C)c1)S(C)(=O)=O. The van der Waals surface area contributed by atoms with E-state index < -0.39 is 32.0 Å². The monoisotopic (exact) mass is 553 g/mol. The number of morpholine rings is 1. The minimum atomic E-state index is -3.72. The molecule has 3 rings (SSSR count). The maximum atomic E-state index is 13.0. The van der Waals surface area contributed by atoms with Gasteiger partial charge in [-0.05, 0) is 67.8 Å². The van der Waals surface area contributed by atoms with Crippen molar-refractivity contribution in [3.63, 3.8) is 0 Å². The van der Waals surface area contributed by atoms with Crippen molar-refractivity contribution in [2.24, 2.45) is 0 Å². The van der Waals surface area contributed by atoms with Crippen LogP contribution >= 0.6 is 0 Å². The Morgan fingerprint density at radius 2 is 1.70 bits per heavy atom. The first-order chi connectivity index (χ1) is 17.4. The van der Waals surface area contributed by atoms with E-state index in [-0.39, 0.29) is 24.5 Å². The molecule has 1 fully saturated rings. The molecule has 0 spiro atoms. The van der Waals surface area contributed by atoms with E-state index in [1.807, 2.05) is 19.9 Å². The van der Waals surface area contributed by atoms with E-state index in [0.29, 0.717) is 37.7 Å². The minimum absolute atomic E-state index is 0.125. The third-order valence-electron chi connectivity index (χ3n) is 6.18. The predicted octanol–water partition coefficient (Wildman–Crippen LogP) is 2.06. The molecule has 2 aromatic rings. The van der Waals surface area contributed by atoms with E-state index in [2.05, 4.69) is 5.32 Å². The molecule has 12 heteroatoms. The summed E-state index contributed by atoms with van der Waals surface area (Å²) < 4.78 is 64.1. The lowest BCUT2D eigenvalue weighted by Crippen LogP contribution is -2.50. The number of hydrogen-bond donors (Lipinski definition) is 1. The molecular weight excluding hydrogens is 518 g/mol. The molecule has 1 atom stereocenters. The Morgan fingerprint density at radius 1 is 1.05 bits per heavy atom. The summed E-state index contributed by atoms with van der Waals surface area (Å²) in [5, 5.41) is 2.75. The molecule has 1 aliphatic rings. The first-order valence-corrected chi connectivity index (χ1v) is 15.4. The smallest absolute Gasteiger partial charge is 0.244 e. The number of rotatable bonds is 11. The van der Waals surface area contributed by atoms with Gasteiger partial charge in [0, 0.05) is 13.1 Å². The normalized spacial score (nSPS) is 15.7. The second kappa shape index (κ2) is 12.2. The van der Waals surface area contributed by atoms with Crippen LogP contribution in [0.5, 0.6) is 5.75 Å². The van der Waals surface area contributed by atoms with Crippen LogP contribution in [-0.4, -0.2) is 78.8 Å². The summed E-state index contributed by atoms with van der Waals surface area (Å²) in [5.74, 6) is 0.0248. The number of hydrogen-bond acceptors (Lipinski definition) is 7. The largest absolute Gasteiger partial charge is 0.492 e. The summed E-state index contributed by atoms with van der Waals surface area (Å²) in [7, 11) is -7.31. The van der Waals surface area contributed by atoms with E-state index in [1.165, 1.54) is 16.4 Å². The highest BCUT2D eigenvalue weighted by molar-refractivity contribution is 7.92. The van der Waals surface area contributed by atoms with E-state index in [9.17, 15) is 21.6 Å². The number of benzene rings is 2. The number of carbonyl (C=O) groups is 1. The van der Waals surface area contributed by atoms with Gasteiger partial charge in [-0.2, -0.15) is 4.31 Å². The zero-order valence-electron chi connectivity index (χ0n) is 21.6. The van der Waals surface area contributed by atoms with Crippen LogP contribution in [0, 0.1) is 13.8 Å². The Hall–Kier alpha value is -2.67. The molecule has 0 aromatic heterocycles. The first-order valence-electron chi connectivity index (χ1n) is 12.1. The lowest BCUT2D eigenvalue weighted by molar-refractivity contribution is -0.122. The summed E-state index contributed by atoms with van der Waals surface area (Å²) in [6, 6.07) is 10.5. The van der Waals surface area contributed by atoms with Gasteiger partial charge in [0.05, 0.1) is 36.6 Å². The highest BCUT2D eigenvalue weighted by Gasteiger charge is 2.31. The molecule has 1 N–H and O–H groups in total. The van der Waals surface area contributed by atoms with Crippen molar-refractivity contribution in [1.82, 2.24) is 9.62 Å². The summed E-state index contributed by atoms with van der Waals surface area (Å²) >= 11 is 0. The van der Waals surface area contributed by atoms with Gasteiger partial charge < -0.3 is 14.8 Å². The van der Waals surface area contributed by atoms with Crippen molar-refractivity contribution in [2.45, 2.75) is 38.1 Å². The summed E-state index contributed by atoms with van der Waals surface area (Å²) in [4.78, 5) is 13.1. The Bertz CT molecular complexity index is 1290. The van der Waals surface area contributed by atoms with Gasteiger partial charge in [0.2, 0.25) is 26.0 Å². The Balaban J connectivity index is 1.59. The molecule has 0 bridgehead atoms. The third kappa shape index (κ3) is 7.22. The number of nitrogens with zero attached hydrogens (tertiary/aromatic N) is 2. The molecule has 1 saturated heterocycles. The number of ether oxygens (including phenoxy) is 2. The van der Waals surface area contributed by atoms with Crippen LogP contribution in [0.2, 0.25) is 0 Å². The molecule has 0 unspecified atom stereocenters. The molecule has 1 heterocycles. The van der Waals surface area contributed by atoms with Crippen molar-refractivity contribution < 1.29 is 31.1 Å². The van der Waals surface area contributed by atoms with Crippen LogP contribution in [0.1, 0.15) is 24.5 Å². The van der Waals surface area contributed by atoms with E-state index in [1.54, 1.807) is 31.2 Å². The fourth-order valence-electron chi connectivity index (χ4n) is 4.03. The topological polar surface area (TPSA) is 122 Å². The minimum Gasteiger partial charge on any atom is -0.492 e. The van der Waals surface area contributed by atoms with Crippen molar-refractivity contribution in [2.75, 3.05) is 50.0 Å². The van der Waals surface area contributed by atoms with Crippen molar-refractivity contribution in [3.8, 4) is 5.75 Å². The van der Waals surface area contributed by atoms with Crippen molar-refractivity contribution in [1.29, 1.82) is 0 Å². The summed E-state index contributed by atoms with van der Waals surface area (Å²) in [6.07, 6.45) is 1.37. The van der Waals surface area contributed by atoms with Gasteiger partial charge in [-0.3, -0.25) is 9.10 Å². The standard InChI is InChI=1S/C25H35N3O7S2/c1-5-24(28(36(4,30)31)21-7-6-19(2)20(3)18-21)25(29)26-12-15-35-22-8-10-23(11-9-22)37(32,33)27-13-16-34-17-14-27/h6-11,18,24H,5,12-17H2,1-4H3,(H,26,29)/t24-/m1/s1. The van der Waals surface area contributed by atoms with E-state index >= 15 is 0 Å². The summed E-state index contributed by atoms with van der Waals surface area (Å²) in [5.41, 5.74) is 2.40. The van der Waals surface area contributed by atoms with E-state index in [4.69, 9.17) is 9.47 Å². The van der Waals surface area contributed by atoms with Crippen LogP contribution in [0.3, 0.4) is 0 Å². The van der Waals surface area contributed by atoms with Gasteiger partial charge in [0.15, 0.2) is 0 Å². The lowest BCUT2D eigenvalue weighted by Gasteiger charge is -2.30. The highest BCUT2D eigenvalue weighted by atomic mass is 32.2. The molecule has 1 aliphatic heterocycles. The third-order valence-corrected chi connectivity index (χ3v) is 9.27. The fourth-order valence-corrected chi connectivity index (χ4v) is 6.64. The van der Waals surface area contributed by atoms with E-state index in [0.717, 1.165) is 21.7 Å². The van der Waals surface area contributed by atoms with Crippen LogP contribution in [0.25, 0.3) is 0 Å². The highest BCUT2D eigenvalue weighted by Crippen LogP contribution is 2.25. The Morgan fingerprint density at radius 3 is 2.27 bits per heavy atom. The second-order valence-electron chi connectivity index (χ2n) is 8.88. The summed E-state index contributed by atoms with van der Waals surface area (Å²) in [6.45, 7) is 7.24. The zero-order chi connectivity index (χ0) is 27.2. The quantitative estimate of drug-likeness (QED) is 0.423. The van der Waals surface area contributed by atoms with Crippen molar-refractivity contribution in [3.05, 3.63) is 53.6 Å². The Kier molecular flexibility index (Phi) is 9.57. The molecule has 10 nitrogen and oxygen atoms in total. The second-order valence-corrected chi connectivity index (χ2v) is 12.7. The molecule has 1 amide bonds. The van der Waals surface area contributed by atoms with Gasteiger partial charge >= 0.3 is 0 Å². The number of nitrogens with one attached hydrogen (secondary N) is 1. The maximum Gasteiger partial charge on any atom is 0.244 e.